The molecule has 13 rings (SSSR count). The summed E-state index contributed by atoms with van der Waals surface area (Å²) in [5.41, 5.74) is 26.6. The van der Waals surface area contributed by atoms with Gasteiger partial charge in [0.25, 0.3) is 5.54 Å². The molecule has 8 aromatic carbocycles. The first-order valence-electron chi connectivity index (χ1n) is 24.3. The summed E-state index contributed by atoms with van der Waals surface area (Å²) in [7, 11) is 2.07. The maximum atomic E-state index is 5.28. The Labute approximate surface area is 405 Å². The van der Waals surface area contributed by atoms with E-state index in [2.05, 4.69) is 241 Å². The summed E-state index contributed by atoms with van der Waals surface area (Å²) in [6.07, 6.45) is 6.28. The molecular formula is C66H53N3+2. The number of pyridine rings is 1. The van der Waals surface area contributed by atoms with Crippen molar-refractivity contribution in [3.8, 4) is 33.4 Å². The van der Waals surface area contributed by atoms with Gasteiger partial charge < -0.3 is 0 Å². The number of benzene rings is 8. The molecule has 0 bridgehead atoms. The lowest BCUT2D eigenvalue weighted by Gasteiger charge is -2.37. The molecule has 1 aromatic heterocycles. The zero-order chi connectivity index (χ0) is 47.0. The van der Waals surface area contributed by atoms with Gasteiger partial charge in [-0.25, -0.2) is 0 Å². The van der Waals surface area contributed by atoms with E-state index in [4.69, 9.17) is 4.98 Å². The van der Waals surface area contributed by atoms with Gasteiger partial charge in [0.15, 0.2) is 7.05 Å². The summed E-state index contributed by atoms with van der Waals surface area (Å²) >= 11 is 0. The van der Waals surface area contributed by atoms with E-state index in [9.17, 15) is 0 Å². The molecule has 0 amide bonds. The minimum atomic E-state index is -0.703. The summed E-state index contributed by atoms with van der Waals surface area (Å²) in [4.78, 5) is 5.28. The first-order chi connectivity index (χ1) is 33.5. The molecule has 9 aromatic rings. The number of hydrogen-bond acceptors (Lipinski definition) is 1. The number of aromatic nitrogens is 1. The van der Waals surface area contributed by atoms with Crippen LogP contribution in [-0.4, -0.2) is 27.2 Å². The Bertz CT molecular complexity index is 3650. The zero-order valence-electron chi connectivity index (χ0n) is 40.3. The zero-order valence-corrected chi connectivity index (χ0v) is 40.3. The maximum absolute atomic E-state index is 5.28. The van der Waals surface area contributed by atoms with Gasteiger partial charge in [0, 0.05) is 22.9 Å². The van der Waals surface area contributed by atoms with Crippen molar-refractivity contribution >= 4 is 6.01 Å². The molecule has 3 aliphatic carbocycles. The molecule has 0 radical (unpaired) electrons. The molecule has 0 atom stereocenters. The van der Waals surface area contributed by atoms with Crippen LogP contribution in [-0.2, 0) is 16.4 Å². The Morgan fingerprint density at radius 3 is 1.14 bits per heavy atom. The normalized spacial score (nSPS) is 15.7. The van der Waals surface area contributed by atoms with Crippen LogP contribution in [0.5, 0.6) is 0 Å². The van der Waals surface area contributed by atoms with Crippen LogP contribution in [0.15, 0.2) is 195 Å². The SMILES string of the molecule is Cc1ccc2c(c1)-c1cc(C)ccc1C2(c1cccc(C2(c3ccccn3)c3ccc(C)cc3-c3cc(C)ccc32)c1)c1cccc(C2([N+]3=C=[N+](C)C=C3)c3ccc(C)cc3-c3cc(C)ccc32)c1. The largest absolute Gasteiger partial charge is 0.490 e. The van der Waals surface area contributed by atoms with Crippen LogP contribution in [0.3, 0.4) is 0 Å². The second-order valence-corrected chi connectivity index (χ2v) is 20.3. The van der Waals surface area contributed by atoms with Crippen molar-refractivity contribution in [3.63, 3.8) is 0 Å². The number of aryl methyl sites for hydroxylation is 6. The van der Waals surface area contributed by atoms with Crippen LogP contribution in [0.25, 0.3) is 33.4 Å². The summed E-state index contributed by atoms with van der Waals surface area (Å²) in [6.45, 7) is 13.3. The van der Waals surface area contributed by atoms with Gasteiger partial charge in [-0.2, -0.15) is 0 Å². The van der Waals surface area contributed by atoms with Crippen LogP contribution in [0.1, 0.15) is 94.7 Å². The lowest BCUT2D eigenvalue weighted by atomic mass is 9.64. The highest BCUT2D eigenvalue weighted by Crippen LogP contribution is 2.61. The first-order valence-corrected chi connectivity index (χ1v) is 24.3. The fourth-order valence-corrected chi connectivity index (χ4v) is 13.0. The van der Waals surface area contributed by atoms with Crippen molar-refractivity contribution in [2.45, 2.75) is 57.9 Å². The van der Waals surface area contributed by atoms with E-state index >= 15 is 0 Å². The third-order valence-corrected chi connectivity index (χ3v) is 15.9. The van der Waals surface area contributed by atoms with Crippen molar-refractivity contribution in [2.75, 3.05) is 7.05 Å². The third-order valence-electron chi connectivity index (χ3n) is 15.9. The molecule has 0 fully saturated rings. The molecule has 0 saturated carbocycles. The molecule has 3 heteroatoms. The van der Waals surface area contributed by atoms with Gasteiger partial charge >= 0.3 is 6.01 Å². The Hall–Kier alpha value is -7.97. The molecule has 0 N–H and O–H groups in total. The van der Waals surface area contributed by atoms with E-state index in [0.717, 1.165) is 5.69 Å². The molecular weight excluding hydrogens is 835 g/mol. The van der Waals surface area contributed by atoms with Crippen molar-refractivity contribution in [1.82, 2.24) is 4.98 Å². The first kappa shape index (κ1) is 41.2. The van der Waals surface area contributed by atoms with Gasteiger partial charge in [0.05, 0.1) is 16.5 Å². The van der Waals surface area contributed by atoms with E-state index in [-0.39, 0.29) is 0 Å². The highest BCUT2D eigenvalue weighted by molar-refractivity contribution is 5.90. The minimum absolute atomic E-state index is 0.672. The molecule has 4 aliphatic rings. The van der Waals surface area contributed by atoms with Crippen molar-refractivity contribution in [1.29, 1.82) is 0 Å². The Kier molecular flexibility index (Phi) is 8.82. The van der Waals surface area contributed by atoms with Gasteiger partial charge in [-0.05, 0) is 132 Å². The van der Waals surface area contributed by atoms with Crippen molar-refractivity contribution in [3.05, 3.63) is 289 Å². The van der Waals surface area contributed by atoms with E-state index in [1.165, 1.54) is 122 Å². The van der Waals surface area contributed by atoms with Gasteiger partial charge in [-0.15, -0.1) is 0 Å². The maximum Gasteiger partial charge on any atom is 0.490 e. The number of rotatable bonds is 6. The summed E-state index contributed by atoms with van der Waals surface area (Å²) in [5, 5.41) is 0. The highest BCUT2D eigenvalue weighted by Gasteiger charge is 2.57. The molecule has 330 valence electrons. The van der Waals surface area contributed by atoms with Crippen LogP contribution >= 0.6 is 0 Å². The number of hydrogen-bond donors (Lipinski definition) is 0. The quantitative estimate of drug-likeness (QED) is 0.152. The fraction of sp³-hybridized carbons (Fsp3) is 0.152. The van der Waals surface area contributed by atoms with Gasteiger partial charge in [0.1, 0.15) is 0 Å². The second-order valence-electron chi connectivity index (χ2n) is 20.3. The third kappa shape index (κ3) is 5.54. The monoisotopic (exact) mass is 887 g/mol. The van der Waals surface area contributed by atoms with Crippen LogP contribution < -0.4 is 0 Å². The lowest BCUT2D eigenvalue weighted by Crippen LogP contribution is -2.38. The Morgan fingerprint density at radius 1 is 0.362 bits per heavy atom. The Balaban J connectivity index is 1.15. The average Bonchev–Trinajstić information content (AvgIpc) is 4.08. The minimum Gasteiger partial charge on any atom is -0.260 e. The predicted molar refractivity (Wildman–Crippen MR) is 280 cm³/mol. The van der Waals surface area contributed by atoms with E-state index in [0.29, 0.717) is 0 Å². The fourth-order valence-electron chi connectivity index (χ4n) is 13.0. The molecule has 2 heterocycles. The van der Waals surface area contributed by atoms with E-state index < -0.39 is 16.4 Å². The lowest BCUT2D eigenvalue weighted by molar-refractivity contribution is -0.533. The van der Waals surface area contributed by atoms with Gasteiger partial charge in [0.2, 0.25) is 12.4 Å². The molecule has 0 unspecified atom stereocenters. The summed E-state index contributed by atoms with van der Waals surface area (Å²) < 4.78 is 4.37. The molecule has 1 aliphatic heterocycles. The standard InChI is InChI=1S/C66H53N3/c1-41-17-23-57-51(32-41)52-33-42(2)18-24-58(52)64(57,47-12-10-14-49(38-47)65(63-16-8-9-29-67-63)59-25-19-43(3)34-53(59)54-35-44(4)20-26-60(54)65)48-13-11-15-50(39-48)66(69-31-30-68(7)40-69)61-27-21-45(5)36-55(61)56-37-46(6)22-28-62(56)66/h8-39H,1-7H3/q+2. The van der Waals surface area contributed by atoms with E-state index in [1.807, 2.05) is 16.8 Å². The molecule has 0 spiro atoms. The second kappa shape index (κ2) is 14.8. The smallest absolute Gasteiger partial charge is 0.260 e. The van der Waals surface area contributed by atoms with Gasteiger partial charge in [-0.1, -0.05) is 200 Å². The molecule has 69 heavy (non-hydrogen) atoms. The average molecular weight is 888 g/mol. The van der Waals surface area contributed by atoms with Crippen molar-refractivity contribution < 1.29 is 9.15 Å². The summed E-state index contributed by atoms with van der Waals surface area (Å²) in [6, 6.07) is 71.7. The van der Waals surface area contributed by atoms with E-state index in [1.54, 1.807) is 0 Å². The highest BCUT2D eigenvalue weighted by atomic mass is 15.2. The predicted octanol–water partition coefficient (Wildman–Crippen LogP) is 14.2. The van der Waals surface area contributed by atoms with Gasteiger partial charge in [-0.3, -0.25) is 4.98 Å². The van der Waals surface area contributed by atoms with Crippen LogP contribution in [0.2, 0.25) is 0 Å². The van der Waals surface area contributed by atoms with Crippen molar-refractivity contribution in [2.24, 2.45) is 0 Å². The summed E-state index contributed by atoms with van der Waals surface area (Å²) in [5.74, 6) is 0. The topological polar surface area (TPSA) is 18.9 Å². The van der Waals surface area contributed by atoms with Crippen LogP contribution in [0.4, 0.5) is 0 Å². The number of fused-ring (bicyclic) bond motifs is 9. The molecule has 3 nitrogen and oxygen atoms in total. The molecule has 0 saturated heterocycles. The van der Waals surface area contributed by atoms with Crippen LogP contribution in [0, 0.1) is 41.5 Å². The number of nitrogens with zero attached hydrogens (tertiary/aromatic N) is 3. The Morgan fingerprint density at radius 2 is 0.739 bits per heavy atom.